The van der Waals surface area contributed by atoms with Crippen LogP contribution >= 0.6 is 23.2 Å². The molecule has 0 radical (unpaired) electrons. The summed E-state index contributed by atoms with van der Waals surface area (Å²) < 4.78 is 109. The normalized spacial score (nSPS) is 17.5. The predicted molar refractivity (Wildman–Crippen MR) is 276 cm³/mol. The van der Waals surface area contributed by atoms with Crippen LogP contribution in [0.4, 0.5) is 0 Å². The third kappa shape index (κ3) is 12.6. The molecular weight excluding hydrogens is 1040 g/mol. The Morgan fingerprint density at radius 3 is 1.55 bits per heavy atom. The van der Waals surface area contributed by atoms with E-state index >= 15 is 0 Å². The Hall–Kier alpha value is -4.94. The zero-order valence-corrected chi connectivity index (χ0v) is 44.4. The van der Waals surface area contributed by atoms with Gasteiger partial charge in [-0.05, 0) is 98.2 Å². The highest BCUT2D eigenvalue weighted by molar-refractivity contribution is 7.91. The van der Waals surface area contributed by atoms with Crippen molar-refractivity contribution in [3.8, 4) is 28.1 Å². The molecule has 71 heavy (non-hydrogen) atoms. The van der Waals surface area contributed by atoms with Gasteiger partial charge in [-0.1, -0.05) is 23.2 Å². The summed E-state index contributed by atoms with van der Waals surface area (Å²) in [7, 11) is -12.6. The van der Waals surface area contributed by atoms with Gasteiger partial charge in [0.2, 0.25) is 25.9 Å². The minimum Gasteiger partial charge on any atom is -0.481 e. The molecule has 2 aliphatic rings. The first kappa shape index (κ1) is 53.8. The van der Waals surface area contributed by atoms with E-state index < -0.39 is 68.4 Å². The summed E-state index contributed by atoms with van der Waals surface area (Å²) >= 11 is 12.6. The molecule has 4 aromatic heterocycles. The van der Waals surface area contributed by atoms with Gasteiger partial charge in [0.1, 0.15) is 11.5 Å². The van der Waals surface area contributed by atoms with E-state index in [4.69, 9.17) is 27.9 Å². The van der Waals surface area contributed by atoms with Crippen LogP contribution in [0.2, 0.25) is 10.0 Å². The van der Waals surface area contributed by atoms with Crippen molar-refractivity contribution in [2.75, 3.05) is 69.8 Å². The number of sulfonamides is 2. The number of hydrogen-bond donors (Lipinski definition) is 1. The average molecular weight is 1090 g/mol. The van der Waals surface area contributed by atoms with Crippen molar-refractivity contribution in [2.24, 2.45) is 11.8 Å². The molecule has 2 aliphatic heterocycles. The number of sulfone groups is 2. The van der Waals surface area contributed by atoms with Gasteiger partial charge in [0.15, 0.2) is 31.2 Å². The van der Waals surface area contributed by atoms with Crippen LogP contribution in [-0.4, -0.2) is 143 Å². The molecule has 8 rings (SSSR count). The molecule has 1 N–H and O–H groups in total. The Bertz CT molecular complexity index is 3580. The Balaban J connectivity index is 0.000000209. The van der Waals surface area contributed by atoms with Crippen LogP contribution in [0.3, 0.4) is 0 Å². The molecule has 2 saturated heterocycles. The average Bonchev–Trinajstić information content (AvgIpc) is 3.76. The third-order valence-electron chi connectivity index (χ3n) is 12.5. The zero-order valence-electron chi connectivity index (χ0n) is 39.6. The fourth-order valence-corrected chi connectivity index (χ4v) is 13.1. The molecule has 24 heteroatoms. The second-order valence-electron chi connectivity index (χ2n) is 18.2. The number of carbonyl (C=O) groups excluding carboxylic acids is 2. The number of halogens is 2. The standard InChI is InChI=1S/C24H28ClN3O6S2.C23H26ClN3O6S2/c1-34-24-18(7-4-10-26-24)22-19-12-17(25)8-9-20(19)28(23(22)21(29)15-35(2,30)31)14-16-6-5-11-27(13-16)36(3,32)33;1-34(30,31)14-20(28)22-21(17-6-3-9-25-23(17)29)18-11-16(24)7-8-19(18)27(22)13-15-5-4-10-26(12-15)35(2,32)33/h4,7-10,12,16H,5-6,11,13-15H2,1-3H3;3,6-9,11,15H,4-5,10,12-14H2,1-2H3,(H,25,29). The number of carbonyl (C=O) groups is 2. The first-order chi connectivity index (χ1) is 33.2. The van der Waals surface area contributed by atoms with Gasteiger partial charge in [0, 0.05) is 118 Å². The van der Waals surface area contributed by atoms with Crippen LogP contribution < -0.4 is 10.3 Å². The van der Waals surface area contributed by atoms with Gasteiger partial charge >= 0.3 is 0 Å². The van der Waals surface area contributed by atoms with Gasteiger partial charge in [-0.25, -0.2) is 47.3 Å². The van der Waals surface area contributed by atoms with Crippen LogP contribution in [0.1, 0.15) is 46.7 Å². The van der Waals surface area contributed by atoms with Crippen molar-refractivity contribution in [3.63, 3.8) is 0 Å². The van der Waals surface area contributed by atoms with Crippen molar-refractivity contribution >= 4 is 96.3 Å². The summed E-state index contributed by atoms with van der Waals surface area (Å²) in [4.78, 5) is 46.7. The summed E-state index contributed by atoms with van der Waals surface area (Å²) in [5, 5.41) is 2.04. The Kier molecular flexibility index (Phi) is 16.1. The van der Waals surface area contributed by atoms with Crippen LogP contribution in [-0.2, 0) is 52.8 Å². The molecule has 18 nitrogen and oxygen atoms in total. The molecule has 0 spiro atoms. The largest absolute Gasteiger partial charge is 0.481 e. The monoisotopic (exact) mass is 1090 g/mol. The van der Waals surface area contributed by atoms with Gasteiger partial charge in [-0.2, -0.15) is 0 Å². The van der Waals surface area contributed by atoms with E-state index in [1.54, 1.807) is 76.0 Å². The smallest absolute Gasteiger partial charge is 0.255 e. The highest BCUT2D eigenvalue weighted by Crippen LogP contribution is 2.42. The number of Topliss-reactive ketones (excluding diaryl/α,β-unsaturated/α-hetero) is 2. The number of ether oxygens (including phenoxy) is 1. The number of fused-ring (bicyclic) bond motifs is 2. The molecule has 2 atom stereocenters. The van der Waals surface area contributed by atoms with Crippen LogP contribution in [0.5, 0.6) is 5.88 Å². The van der Waals surface area contributed by atoms with Gasteiger partial charge in [0.25, 0.3) is 5.56 Å². The number of methoxy groups -OCH3 is 1. The SMILES string of the molecule is COc1ncccc1-c1c(C(=O)CS(C)(=O)=O)n(CC2CCCN(S(C)(=O)=O)C2)c2ccc(Cl)cc12.CS(=O)(=O)CC(=O)c1c(-c2ccc[nH]c2=O)c2cc(Cl)ccc2n1CC1CCCN(S(C)(=O)=O)C1. The number of nitrogens with zero attached hydrogens (tertiary/aromatic N) is 5. The van der Waals surface area contributed by atoms with E-state index in [2.05, 4.69) is 9.97 Å². The van der Waals surface area contributed by atoms with E-state index in [9.17, 15) is 48.1 Å². The van der Waals surface area contributed by atoms with Crippen LogP contribution in [0.25, 0.3) is 44.1 Å². The van der Waals surface area contributed by atoms with E-state index in [1.165, 1.54) is 34.4 Å². The summed E-state index contributed by atoms with van der Waals surface area (Å²) in [6.07, 6.45) is 10.3. The summed E-state index contributed by atoms with van der Waals surface area (Å²) in [5.74, 6) is -2.52. The van der Waals surface area contributed by atoms with Crippen LogP contribution in [0, 0.1) is 11.8 Å². The Morgan fingerprint density at radius 1 is 0.676 bits per heavy atom. The number of nitrogens with one attached hydrogen (secondary N) is 1. The molecule has 2 unspecified atom stereocenters. The minimum atomic E-state index is -3.67. The quantitative estimate of drug-likeness (QED) is 0.120. The zero-order chi connectivity index (χ0) is 51.8. The number of H-pyrrole nitrogens is 1. The number of aromatic amines is 1. The topological polar surface area (TPSA) is 242 Å². The second-order valence-corrected chi connectivity index (χ2v) is 27.3. The van der Waals surface area contributed by atoms with Crippen LogP contribution in [0.15, 0.2) is 77.9 Å². The summed E-state index contributed by atoms with van der Waals surface area (Å²) in [6.45, 7) is 2.10. The number of benzene rings is 2. The molecule has 0 aliphatic carbocycles. The van der Waals surface area contributed by atoms with Crippen molar-refractivity contribution < 1.29 is 48.0 Å². The van der Waals surface area contributed by atoms with Gasteiger partial charge in [-0.15, -0.1) is 0 Å². The molecule has 2 aromatic carbocycles. The Labute approximate surface area is 422 Å². The van der Waals surface area contributed by atoms with Gasteiger partial charge < -0.3 is 18.9 Å². The molecule has 6 aromatic rings. The summed E-state index contributed by atoms with van der Waals surface area (Å²) in [6, 6.07) is 16.9. The minimum absolute atomic E-state index is 0.0758. The maximum absolute atomic E-state index is 13.6. The fraction of sp³-hybridized carbons (Fsp3) is 0.404. The molecule has 0 amide bonds. The van der Waals surface area contributed by atoms with E-state index in [-0.39, 0.29) is 47.8 Å². The van der Waals surface area contributed by atoms with Gasteiger partial charge in [-0.3, -0.25) is 14.4 Å². The molecule has 6 heterocycles. The lowest BCUT2D eigenvalue weighted by Gasteiger charge is -2.31. The van der Waals surface area contributed by atoms with Gasteiger partial charge in [0.05, 0.1) is 31.0 Å². The molecule has 2 fully saturated rings. The number of aromatic nitrogens is 4. The number of ketones is 2. The lowest BCUT2D eigenvalue weighted by molar-refractivity contribution is 0.0998. The maximum atomic E-state index is 13.6. The van der Waals surface area contributed by atoms with Crippen molar-refractivity contribution in [1.82, 2.24) is 27.7 Å². The molecule has 0 saturated carbocycles. The second kappa shape index (κ2) is 21.3. The number of piperidine rings is 2. The van der Waals surface area contributed by atoms with E-state index in [0.717, 1.165) is 25.4 Å². The van der Waals surface area contributed by atoms with Crippen molar-refractivity contribution in [3.05, 3.63) is 105 Å². The highest BCUT2D eigenvalue weighted by atomic mass is 35.5. The molecular formula is C47H54Cl2N6O12S4. The molecule has 382 valence electrons. The predicted octanol–water partition coefficient (Wildman–Crippen LogP) is 5.81. The first-order valence-corrected chi connectivity index (χ1v) is 30.9. The third-order valence-corrected chi connectivity index (χ3v) is 17.1. The first-order valence-electron chi connectivity index (χ1n) is 22.4. The number of rotatable bonds is 15. The van der Waals surface area contributed by atoms with E-state index in [1.807, 2.05) is 0 Å². The number of hydrogen-bond acceptors (Lipinski definition) is 13. The van der Waals surface area contributed by atoms with E-state index in [0.29, 0.717) is 87.6 Å². The van der Waals surface area contributed by atoms with Crippen molar-refractivity contribution in [1.29, 1.82) is 0 Å². The lowest BCUT2D eigenvalue weighted by atomic mass is 9.99. The summed E-state index contributed by atoms with van der Waals surface area (Å²) in [5.41, 5.74) is 2.73. The maximum Gasteiger partial charge on any atom is 0.255 e. The fourth-order valence-electron chi connectivity index (χ4n) is 9.60. The van der Waals surface area contributed by atoms with Crippen molar-refractivity contribution in [2.45, 2.75) is 38.8 Å². The Morgan fingerprint density at radius 2 is 1.13 bits per heavy atom. The molecule has 0 bridgehead atoms. The number of pyridine rings is 2. The highest BCUT2D eigenvalue weighted by Gasteiger charge is 2.34. The lowest BCUT2D eigenvalue weighted by Crippen LogP contribution is -2.40.